The zero-order valence-electron chi connectivity index (χ0n) is 20.9. The van der Waals surface area contributed by atoms with Crippen molar-refractivity contribution in [2.45, 2.75) is 44.8 Å². The molecule has 0 spiro atoms. The number of ether oxygens (including phenoxy) is 2. The number of pyridine rings is 1. The molecule has 8 nitrogen and oxygen atoms in total. The second-order valence-electron chi connectivity index (χ2n) is 9.29. The monoisotopic (exact) mass is 505 g/mol. The summed E-state index contributed by atoms with van der Waals surface area (Å²) in [6.07, 6.45) is 4.24. The third-order valence-corrected chi connectivity index (χ3v) is 7.18. The molecule has 1 aromatic carbocycles. The highest BCUT2D eigenvalue weighted by Crippen LogP contribution is 2.46. The van der Waals surface area contributed by atoms with E-state index in [1.54, 1.807) is 7.11 Å². The second-order valence-corrected chi connectivity index (χ2v) is 9.68. The highest BCUT2D eigenvalue weighted by molar-refractivity contribution is 7.80. The van der Waals surface area contributed by atoms with E-state index in [0.29, 0.717) is 22.6 Å². The van der Waals surface area contributed by atoms with Gasteiger partial charge in [0.1, 0.15) is 12.4 Å². The molecule has 1 aliphatic heterocycles. The Balaban J connectivity index is 1.61. The average molecular weight is 506 g/mol. The maximum atomic E-state index is 12.3. The van der Waals surface area contributed by atoms with Crippen molar-refractivity contribution < 1.29 is 14.3 Å². The van der Waals surface area contributed by atoms with Gasteiger partial charge in [0.05, 0.1) is 30.6 Å². The number of amides is 1. The number of hydrogen-bond acceptors (Lipinski definition) is 5. The Bertz CT molecular complexity index is 1290. The van der Waals surface area contributed by atoms with Crippen molar-refractivity contribution in [1.29, 1.82) is 0 Å². The number of anilines is 2. The Morgan fingerprint density at radius 3 is 2.67 bits per heavy atom. The van der Waals surface area contributed by atoms with E-state index in [0.717, 1.165) is 11.4 Å². The van der Waals surface area contributed by atoms with Crippen LogP contribution in [0.3, 0.4) is 0 Å². The van der Waals surface area contributed by atoms with Crippen LogP contribution >= 0.6 is 12.2 Å². The third kappa shape index (κ3) is 4.44. The first-order valence-corrected chi connectivity index (χ1v) is 12.5. The SMILES string of the molecule is COCC(=O)Nc1cc(N2C(=S)N[C@@H](c3ccccn3)[C@@H]2c2cc(C)n(C3CC3)c2C)ccc1OC. The third-order valence-electron chi connectivity index (χ3n) is 6.86. The zero-order chi connectivity index (χ0) is 25.4. The van der Waals surface area contributed by atoms with E-state index in [2.05, 4.69) is 45.0 Å². The molecular weight excluding hydrogens is 474 g/mol. The number of nitrogens with zero attached hydrogens (tertiary/aromatic N) is 3. The number of aryl methyl sites for hydroxylation is 1. The molecule has 2 fully saturated rings. The molecule has 1 amide bonds. The first kappa shape index (κ1) is 24.3. The maximum absolute atomic E-state index is 12.3. The van der Waals surface area contributed by atoms with E-state index in [1.165, 1.54) is 36.9 Å². The Morgan fingerprint density at radius 2 is 2.00 bits per heavy atom. The van der Waals surface area contributed by atoms with Gasteiger partial charge in [-0.3, -0.25) is 9.78 Å². The largest absolute Gasteiger partial charge is 0.495 e. The highest BCUT2D eigenvalue weighted by atomic mass is 32.1. The lowest BCUT2D eigenvalue weighted by molar-refractivity contribution is -0.119. The number of carbonyl (C=O) groups excluding carboxylic acids is 1. The molecule has 0 radical (unpaired) electrons. The molecule has 3 heterocycles. The Labute approximate surface area is 216 Å². The number of methoxy groups -OCH3 is 2. The molecule has 2 aromatic heterocycles. The molecule has 36 heavy (non-hydrogen) atoms. The first-order valence-electron chi connectivity index (χ1n) is 12.1. The fourth-order valence-electron chi connectivity index (χ4n) is 5.21. The van der Waals surface area contributed by atoms with Crippen molar-refractivity contribution in [3.05, 3.63) is 71.3 Å². The smallest absolute Gasteiger partial charge is 0.250 e. The van der Waals surface area contributed by atoms with E-state index in [-0.39, 0.29) is 24.6 Å². The van der Waals surface area contributed by atoms with Crippen molar-refractivity contribution in [2.75, 3.05) is 31.0 Å². The number of nitrogens with one attached hydrogen (secondary N) is 2. The molecule has 2 N–H and O–H groups in total. The summed E-state index contributed by atoms with van der Waals surface area (Å²) in [5, 5.41) is 7.02. The maximum Gasteiger partial charge on any atom is 0.250 e. The van der Waals surface area contributed by atoms with Crippen molar-refractivity contribution in [3.63, 3.8) is 0 Å². The number of aromatic nitrogens is 2. The number of rotatable bonds is 8. The van der Waals surface area contributed by atoms with E-state index in [9.17, 15) is 4.79 Å². The summed E-state index contributed by atoms with van der Waals surface area (Å²) in [6.45, 7) is 4.32. The lowest BCUT2D eigenvalue weighted by Gasteiger charge is -2.29. The van der Waals surface area contributed by atoms with E-state index < -0.39 is 0 Å². The highest BCUT2D eigenvalue weighted by Gasteiger charge is 2.43. The molecule has 2 atom stereocenters. The van der Waals surface area contributed by atoms with Crippen LogP contribution in [-0.2, 0) is 9.53 Å². The fourth-order valence-corrected chi connectivity index (χ4v) is 5.55. The average Bonchev–Trinajstić information content (AvgIpc) is 3.58. The van der Waals surface area contributed by atoms with Gasteiger partial charge in [-0.1, -0.05) is 6.07 Å². The van der Waals surface area contributed by atoms with Gasteiger partial charge in [0.15, 0.2) is 5.11 Å². The summed E-state index contributed by atoms with van der Waals surface area (Å²) in [6, 6.07) is 14.2. The minimum Gasteiger partial charge on any atom is -0.495 e. The topological polar surface area (TPSA) is 80.7 Å². The summed E-state index contributed by atoms with van der Waals surface area (Å²) < 4.78 is 12.9. The second kappa shape index (κ2) is 9.91. The lowest BCUT2D eigenvalue weighted by Crippen LogP contribution is -2.29. The normalized spacial score (nSPS) is 19.3. The predicted octanol–water partition coefficient (Wildman–Crippen LogP) is 4.61. The van der Waals surface area contributed by atoms with Gasteiger partial charge in [-0.2, -0.15) is 0 Å². The van der Waals surface area contributed by atoms with Gasteiger partial charge in [0.25, 0.3) is 0 Å². The molecule has 1 aliphatic carbocycles. The molecular formula is C27H31N5O3S. The van der Waals surface area contributed by atoms with Gasteiger partial charge >= 0.3 is 0 Å². The Kier molecular flexibility index (Phi) is 6.68. The summed E-state index contributed by atoms with van der Waals surface area (Å²) in [4.78, 5) is 19.1. The number of benzene rings is 1. The van der Waals surface area contributed by atoms with E-state index >= 15 is 0 Å². The van der Waals surface area contributed by atoms with Crippen LogP contribution < -0.4 is 20.3 Å². The van der Waals surface area contributed by atoms with Gasteiger partial charge in [-0.05, 0) is 80.9 Å². The molecule has 5 rings (SSSR count). The van der Waals surface area contributed by atoms with Gasteiger partial charge in [0.2, 0.25) is 5.91 Å². The zero-order valence-corrected chi connectivity index (χ0v) is 21.8. The van der Waals surface area contributed by atoms with Gasteiger partial charge in [-0.25, -0.2) is 0 Å². The van der Waals surface area contributed by atoms with Crippen LogP contribution in [-0.4, -0.2) is 41.4 Å². The van der Waals surface area contributed by atoms with E-state index in [1.807, 2.05) is 42.6 Å². The summed E-state index contributed by atoms with van der Waals surface area (Å²) in [5.41, 5.74) is 6.04. The van der Waals surface area contributed by atoms with Crippen molar-refractivity contribution in [1.82, 2.24) is 14.9 Å². The van der Waals surface area contributed by atoms with Crippen LogP contribution in [0.5, 0.6) is 5.75 Å². The molecule has 2 aliphatic rings. The van der Waals surface area contributed by atoms with Crippen LogP contribution in [0, 0.1) is 13.8 Å². The molecule has 1 saturated carbocycles. The van der Waals surface area contributed by atoms with Gasteiger partial charge < -0.3 is 29.6 Å². The fraction of sp³-hybridized carbons (Fsp3) is 0.370. The molecule has 1 saturated heterocycles. The van der Waals surface area contributed by atoms with Gasteiger partial charge in [-0.15, -0.1) is 0 Å². The van der Waals surface area contributed by atoms with Crippen LogP contribution in [0.1, 0.15) is 53.6 Å². The van der Waals surface area contributed by atoms with E-state index in [4.69, 9.17) is 21.7 Å². The minimum absolute atomic E-state index is 0.0470. The molecule has 0 bridgehead atoms. The molecule has 9 heteroatoms. The Morgan fingerprint density at radius 1 is 1.19 bits per heavy atom. The predicted molar refractivity (Wildman–Crippen MR) is 144 cm³/mol. The molecule has 3 aromatic rings. The van der Waals surface area contributed by atoms with Crippen molar-refractivity contribution >= 4 is 34.6 Å². The van der Waals surface area contributed by atoms with Crippen LogP contribution in [0.4, 0.5) is 11.4 Å². The standard InChI is InChI=1S/C27H31N5O3S/c1-16-13-20(17(2)31(16)18-8-9-18)26-25(21-7-5-6-12-28-21)30-27(36)32(26)19-10-11-23(35-4)22(14-19)29-24(33)15-34-3/h5-7,10-14,18,25-26H,8-9,15H2,1-4H3,(H,29,33)(H,30,36)/t25-,26-/m0/s1. The summed E-state index contributed by atoms with van der Waals surface area (Å²) in [5.74, 6) is 0.303. The number of hydrogen-bond donors (Lipinski definition) is 2. The van der Waals surface area contributed by atoms with Crippen molar-refractivity contribution in [2.24, 2.45) is 0 Å². The minimum atomic E-state index is -0.258. The lowest BCUT2D eigenvalue weighted by atomic mass is 9.96. The molecule has 188 valence electrons. The quantitative estimate of drug-likeness (QED) is 0.433. The Hall–Kier alpha value is -3.43. The first-order chi connectivity index (χ1) is 17.4. The van der Waals surface area contributed by atoms with Crippen LogP contribution in [0.2, 0.25) is 0 Å². The number of carbonyl (C=O) groups is 1. The van der Waals surface area contributed by atoms with Crippen LogP contribution in [0.25, 0.3) is 0 Å². The van der Waals surface area contributed by atoms with Crippen molar-refractivity contribution in [3.8, 4) is 5.75 Å². The van der Waals surface area contributed by atoms with Gasteiger partial charge in [0, 0.05) is 36.4 Å². The molecule has 0 unspecified atom stereocenters. The summed E-state index contributed by atoms with van der Waals surface area (Å²) >= 11 is 5.90. The number of thiocarbonyl (C=S) groups is 1. The van der Waals surface area contributed by atoms with Crippen LogP contribution in [0.15, 0.2) is 48.7 Å². The summed E-state index contributed by atoms with van der Waals surface area (Å²) in [7, 11) is 3.07.